The summed E-state index contributed by atoms with van der Waals surface area (Å²) in [5, 5.41) is 8.75. The third-order valence-corrected chi connectivity index (χ3v) is 2.34. The summed E-state index contributed by atoms with van der Waals surface area (Å²) in [6, 6.07) is 6.20. The predicted molar refractivity (Wildman–Crippen MR) is 49.8 cm³/mol. The number of para-hydroxylation sites is 1. The van der Waals surface area contributed by atoms with Gasteiger partial charge in [0.1, 0.15) is 6.07 Å². The molecule has 0 radical (unpaired) electrons. The highest BCUT2D eigenvalue weighted by atomic mass is 79.9. The Bertz CT molecular complexity index is 418. The van der Waals surface area contributed by atoms with Crippen LogP contribution in [0.25, 0.3) is 0 Å². The van der Waals surface area contributed by atoms with Crippen LogP contribution in [0.5, 0.6) is 11.5 Å². The minimum atomic E-state index is -1.21. The minimum absolute atomic E-state index is 0.0442. The number of hydrogen-bond acceptors (Lipinski definition) is 3. The van der Waals surface area contributed by atoms with Gasteiger partial charge in [0.15, 0.2) is 23.9 Å². The second kappa shape index (κ2) is 3.14. The molecular formula is C9H5BrFNO2. The number of rotatable bonds is 0. The SMILES string of the molecule is N#CC1(Br)COc2c(F)cccc2O1. The Labute approximate surface area is 88.2 Å². The Hall–Kier alpha value is -1.28. The number of ether oxygens (including phenoxy) is 2. The highest BCUT2D eigenvalue weighted by molar-refractivity contribution is 9.10. The summed E-state index contributed by atoms with van der Waals surface area (Å²) in [5.41, 5.74) is 0. The summed E-state index contributed by atoms with van der Waals surface area (Å²) in [7, 11) is 0. The third-order valence-electron chi connectivity index (χ3n) is 1.77. The summed E-state index contributed by atoms with van der Waals surface area (Å²) in [6.07, 6.45) is 0. The highest BCUT2D eigenvalue weighted by Crippen LogP contribution is 2.38. The Morgan fingerprint density at radius 3 is 3.07 bits per heavy atom. The third kappa shape index (κ3) is 1.42. The molecule has 1 heterocycles. The summed E-state index contributed by atoms with van der Waals surface area (Å²) in [4.78, 5) is 0. The van der Waals surface area contributed by atoms with E-state index in [1.165, 1.54) is 12.1 Å². The molecule has 0 spiro atoms. The van der Waals surface area contributed by atoms with Crippen molar-refractivity contribution in [2.45, 2.75) is 4.51 Å². The zero-order valence-corrected chi connectivity index (χ0v) is 8.54. The standard InChI is InChI=1S/C9H5BrFNO2/c10-9(4-12)5-13-8-6(11)2-1-3-7(8)14-9/h1-3H,5H2. The Kier molecular flexibility index (Phi) is 2.08. The second-order valence-corrected chi connectivity index (χ2v) is 4.08. The van der Waals surface area contributed by atoms with Crippen LogP contribution in [0.4, 0.5) is 4.39 Å². The number of nitriles is 1. The van der Waals surface area contributed by atoms with Crippen LogP contribution in [-0.4, -0.2) is 11.1 Å². The number of alkyl halides is 1. The van der Waals surface area contributed by atoms with Gasteiger partial charge in [-0.2, -0.15) is 5.26 Å². The summed E-state index contributed by atoms with van der Waals surface area (Å²) in [5.74, 6) is -0.206. The first kappa shape index (κ1) is 9.28. The summed E-state index contributed by atoms with van der Waals surface area (Å²) in [6.45, 7) is -0.0442. The molecule has 0 fully saturated rings. The maximum absolute atomic E-state index is 13.1. The minimum Gasteiger partial charge on any atom is -0.480 e. The van der Waals surface area contributed by atoms with Crippen LogP contribution in [0.3, 0.4) is 0 Å². The first-order valence-corrected chi connectivity index (χ1v) is 4.64. The highest BCUT2D eigenvalue weighted by Gasteiger charge is 2.36. The summed E-state index contributed by atoms with van der Waals surface area (Å²) < 4.78 is 22.2. The number of fused-ring (bicyclic) bond motifs is 1. The molecule has 0 N–H and O–H groups in total. The molecule has 0 aromatic heterocycles. The van der Waals surface area contributed by atoms with Crippen molar-refractivity contribution in [1.29, 1.82) is 5.26 Å². The van der Waals surface area contributed by atoms with E-state index in [0.717, 1.165) is 0 Å². The smallest absolute Gasteiger partial charge is 0.282 e. The van der Waals surface area contributed by atoms with Crippen LogP contribution in [0.1, 0.15) is 0 Å². The van der Waals surface area contributed by atoms with Crippen molar-refractivity contribution in [3.05, 3.63) is 24.0 Å². The molecule has 1 aliphatic rings. The molecule has 0 amide bonds. The maximum Gasteiger partial charge on any atom is 0.282 e. The number of hydrogen-bond donors (Lipinski definition) is 0. The quantitative estimate of drug-likeness (QED) is 0.670. The van der Waals surface area contributed by atoms with E-state index in [0.29, 0.717) is 0 Å². The fraction of sp³-hybridized carbons (Fsp3) is 0.222. The van der Waals surface area contributed by atoms with Gasteiger partial charge in [0.25, 0.3) is 4.51 Å². The second-order valence-electron chi connectivity index (χ2n) is 2.80. The molecule has 72 valence electrons. The molecule has 5 heteroatoms. The van der Waals surface area contributed by atoms with Crippen molar-refractivity contribution in [3.63, 3.8) is 0 Å². The van der Waals surface area contributed by atoms with Crippen molar-refractivity contribution < 1.29 is 13.9 Å². The fourth-order valence-electron chi connectivity index (χ4n) is 1.13. The van der Waals surface area contributed by atoms with E-state index >= 15 is 0 Å². The maximum atomic E-state index is 13.1. The number of nitrogens with zero attached hydrogens (tertiary/aromatic N) is 1. The van der Waals surface area contributed by atoms with Gasteiger partial charge < -0.3 is 9.47 Å². The monoisotopic (exact) mass is 257 g/mol. The van der Waals surface area contributed by atoms with E-state index in [1.54, 1.807) is 6.07 Å². The van der Waals surface area contributed by atoms with Crippen molar-refractivity contribution >= 4 is 15.9 Å². The van der Waals surface area contributed by atoms with Crippen LogP contribution in [0, 0.1) is 17.1 Å². The Morgan fingerprint density at radius 1 is 1.57 bits per heavy atom. The van der Waals surface area contributed by atoms with E-state index in [4.69, 9.17) is 14.7 Å². The van der Waals surface area contributed by atoms with E-state index < -0.39 is 10.3 Å². The molecule has 2 rings (SSSR count). The average Bonchev–Trinajstić information content (AvgIpc) is 2.18. The molecule has 1 atom stereocenters. The fourth-order valence-corrected chi connectivity index (χ4v) is 1.42. The molecule has 0 saturated carbocycles. The van der Waals surface area contributed by atoms with Gasteiger partial charge in [-0.05, 0) is 28.1 Å². The van der Waals surface area contributed by atoms with Gasteiger partial charge in [-0.25, -0.2) is 4.39 Å². The molecule has 0 saturated heterocycles. The topological polar surface area (TPSA) is 42.2 Å². The average molecular weight is 258 g/mol. The lowest BCUT2D eigenvalue weighted by Gasteiger charge is -2.28. The van der Waals surface area contributed by atoms with Gasteiger partial charge in [0.2, 0.25) is 0 Å². The van der Waals surface area contributed by atoms with Crippen LogP contribution in [0.2, 0.25) is 0 Å². The molecule has 1 aromatic carbocycles. The lowest BCUT2D eigenvalue weighted by molar-refractivity contribution is 0.103. The van der Waals surface area contributed by atoms with Gasteiger partial charge >= 0.3 is 0 Å². The molecular weight excluding hydrogens is 253 g/mol. The van der Waals surface area contributed by atoms with Crippen LogP contribution >= 0.6 is 15.9 Å². The molecule has 1 aromatic rings. The molecule has 3 nitrogen and oxygen atoms in total. The number of benzene rings is 1. The van der Waals surface area contributed by atoms with Crippen molar-refractivity contribution in [3.8, 4) is 17.6 Å². The van der Waals surface area contributed by atoms with E-state index in [-0.39, 0.29) is 18.1 Å². The largest absolute Gasteiger partial charge is 0.480 e. The van der Waals surface area contributed by atoms with E-state index in [1.807, 2.05) is 6.07 Å². The molecule has 0 bridgehead atoms. The van der Waals surface area contributed by atoms with Gasteiger partial charge in [0.05, 0.1) is 0 Å². The molecule has 1 aliphatic heterocycles. The molecule has 1 unspecified atom stereocenters. The normalized spacial score (nSPS) is 24.1. The lowest BCUT2D eigenvalue weighted by atomic mass is 10.2. The van der Waals surface area contributed by atoms with Crippen LogP contribution < -0.4 is 9.47 Å². The lowest BCUT2D eigenvalue weighted by Crippen LogP contribution is -2.37. The van der Waals surface area contributed by atoms with E-state index in [9.17, 15) is 4.39 Å². The zero-order valence-electron chi connectivity index (χ0n) is 6.96. The predicted octanol–water partition coefficient (Wildman–Crippen LogP) is 2.21. The Morgan fingerprint density at radius 2 is 2.36 bits per heavy atom. The zero-order chi connectivity index (χ0) is 10.2. The summed E-state index contributed by atoms with van der Waals surface area (Å²) >= 11 is 3.06. The first-order valence-electron chi connectivity index (χ1n) is 3.85. The van der Waals surface area contributed by atoms with Crippen LogP contribution in [0.15, 0.2) is 18.2 Å². The van der Waals surface area contributed by atoms with Gasteiger partial charge in [-0.3, -0.25) is 0 Å². The van der Waals surface area contributed by atoms with Gasteiger partial charge in [-0.1, -0.05) is 6.07 Å². The van der Waals surface area contributed by atoms with Crippen LogP contribution in [-0.2, 0) is 0 Å². The van der Waals surface area contributed by atoms with Crippen molar-refractivity contribution in [2.24, 2.45) is 0 Å². The Balaban J connectivity index is 2.42. The van der Waals surface area contributed by atoms with Gasteiger partial charge in [-0.15, -0.1) is 0 Å². The molecule has 0 aliphatic carbocycles. The van der Waals surface area contributed by atoms with E-state index in [2.05, 4.69) is 15.9 Å². The first-order chi connectivity index (χ1) is 6.64. The van der Waals surface area contributed by atoms with Crippen molar-refractivity contribution in [1.82, 2.24) is 0 Å². The molecule has 14 heavy (non-hydrogen) atoms. The number of halogens is 2. The van der Waals surface area contributed by atoms with Crippen molar-refractivity contribution in [2.75, 3.05) is 6.61 Å². The van der Waals surface area contributed by atoms with Gasteiger partial charge in [0, 0.05) is 0 Å².